The van der Waals surface area contributed by atoms with E-state index < -0.39 is 22.2 Å². The Hall–Kier alpha value is -3.00. The maximum absolute atomic E-state index is 13.3. The molecular weight excluding hydrogens is 351 g/mol. The predicted octanol–water partition coefficient (Wildman–Crippen LogP) is 2.93. The molecule has 0 saturated heterocycles. The van der Waals surface area contributed by atoms with E-state index in [-0.39, 0.29) is 22.8 Å². The van der Waals surface area contributed by atoms with Gasteiger partial charge in [-0.25, -0.2) is 4.39 Å². The van der Waals surface area contributed by atoms with Gasteiger partial charge in [0.1, 0.15) is 11.5 Å². The van der Waals surface area contributed by atoms with Crippen LogP contribution in [0.2, 0.25) is 5.02 Å². The summed E-state index contributed by atoms with van der Waals surface area (Å²) in [4.78, 5) is 23.2. The Kier molecular flexibility index (Phi) is 3.26. The summed E-state index contributed by atoms with van der Waals surface area (Å²) in [6, 6.07) is 8.66. The van der Waals surface area contributed by atoms with Gasteiger partial charge in [-0.2, -0.15) is 5.10 Å². The molecule has 0 unspecified atom stereocenters. The monoisotopic (exact) mass is 360 g/mol. The molecule has 9 heteroatoms. The zero-order chi connectivity index (χ0) is 17.8. The smallest absolute Gasteiger partial charge is 0.293 e. The quantitative estimate of drug-likeness (QED) is 0.635. The molecule has 2 aliphatic heterocycles. The number of nitro groups is 1. The van der Waals surface area contributed by atoms with Gasteiger partial charge in [0.2, 0.25) is 0 Å². The summed E-state index contributed by atoms with van der Waals surface area (Å²) in [6.07, 6.45) is 0.162. The molecule has 2 heterocycles. The summed E-state index contributed by atoms with van der Waals surface area (Å²) in [5.41, 5.74) is 3.11. The maximum atomic E-state index is 13.3. The zero-order valence-corrected chi connectivity index (χ0v) is 13.3. The highest BCUT2D eigenvalue weighted by Gasteiger charge is 2.52. The summed E-state index contributed by atoms with van der Waals surface area (Å²) < 4.78 is 13.3. The molecule has 1 atom stereocenters. The molecule has 2 aliphatic rings. The van der Waals surface area contributed by atoms with Crippen molar-refractivity contribution in [2.75, 3.05) is 5.32 Å². The van der Waals surface area contributed by atoms with Gasteiger partial charge in [-0.15, -0.1) is 0 Å². The van der Waals surface area contributed by atoms with Crippen molar-refractivity contribution in [1.82, 2.24) is 5.43 Å². The highest BCUT2D eigenvalue weighted by Crippen LogP contribution is 2.45. The summed E-state index contributed by atoms with van der Waals surface area (Å²) in [7, 11) is 0. The average molecular weight is 361 g/mol. The Morgan fingerprint density at radius 2 is 2.12 bits per heavy atom. The highest BCUT2D eigenvalue weighted by atomic mass is 35.5. The number of benzene rings is 2. The van der Waals surface area contributed by atoms with Gasteiger partial charge in [0, 0.05) is 18.1 Å². The van der Waals surface area contributed by atoms with Crippen LogP contribution in [0, 0.1) is 15.9 Å². The number of nitrogens with zero attached hydrogens (tertiary/aromatic N) is 2. The first-order chi connectivity index (χ1) is 11.9. The van der Waals surface area contributed by atoms with Crippen LogP contribution in [0.3, 0.4) is 0 Å². The Morgan fingerprint density at radius 3 is 2.84 bits per heavy atom. The molecule has 0 radical (unpaired) electrons. The molecule has 0 aromatic heterocycles. The van der Waals surface area contributed by atoms with E-state index in [9.17, 15) is 19.3 Å². The van der Waals surface area contributed by atoms with Crippen molar-refractivity contribution < 1.29 is 14.1 Å². The molecule has 1 spiro atoms. The van der Waals surface area contributed by atoms with Crippen molar-refractivity contribution in [1.29, 1.82) is 0 Å². The van der Waals surface area contributed by atoms with Crippen LogP contribution in [-0.2, 0) is 10.3 Å². The minimum atomic E-state index is -1.22. The SMILES string of the molecule is O=C1Nc2c([N+](=O)[O-])cccc2[C@@]12CC(c1ccc(F)c(Cl)c1)=NN2. The van der Waals surface area contributed by atoms with Crippen LogP contribution in [-0.4, -0.2) is 16.5 Å². The first kappa shape index (κ1) is 15.5. The fourth-order valence-corrected chi connectivity index (χ4v) is 3.32. The fraction of sp³-hybridized carbons (Fsp3) is 0.125. The van der Waals surface area contributed by atoms with Crippen molar-refractivity contribution in [3.05, 3.63) is 68.5 Å². The number of carbonyl (C=O) groups excluding carboxylic acids is 1. The molecule has 7 nitrogen and oxygen atoms in total. The molecule has 0 aliphatic carbocycles. The van der Waals surface area contributed by atoms with Crippen LogP contribution in [0.15, 0.2) is 41.5 Å². The van der Waals surface area contributed by atoms with Crippen LogP contribution in [0.4, 0.5) is 15.8 Å². The van der Waals surface area contributed by atoms with Crippen molar-refractivity contribution >= 4 is 34.6 Å². The van der Waals surface area contributed by atoms with E-state index in [1.54, 1.807) is 6.07 Å². The van der Waals surface area contributed by atoms with E-state index in [0.29, 0.717) is 16.8 Å². The highest BCUT2D eigenvalue weighted by molar-refractivity contribution is 6.31. The molecule has 1 amide bonds. The number of hydrogen-bond donors (Lipinski definition) is 2. The van der Waals surface area contributed by atoms with Crippen molar-refractivity contribution in [3.63, 3.8) is 0 Å². The third-order valence-corrected chi connectivity index (χ3v) is 4.68. The van der Waals surface area contributed by atoms with E-state index in [4.69, 9.17) is 11.6 Å². The molecule has 25 heavy (non-hydrogen) atoms. The number of hydrogen-bond acceptors (Lipinski definition) is 5. The topological polar surface area (TPSA) is 96.6 Å². The number of nitrogens with one attached hydrogen (secondary N) is 2. The van der Waals surface area contributed by atoms with Crippen LogP contribution < -0.4 is 10.7 Å². The van der Waals surface area contributed by atoms with Gasteiger partial charge in [-0.1, -0.05) is 29.8 Å². The standard InChI is InChI=1S/C16H10ClFN4O3/c17-10-6-8(4-5-11(10)18)12-7-16(21-20-12)9-2-1-3-13(22(24)25)14(9)19-15(16)23/h1-6,21H,7H2,(H,19,23)/t16-/m0/s1. The van der Waals surface area contributed by atoms with E-state index in [0.717, 1.165) is 0 Å². The molecule has 126 valence electrons. The van der Waals surface area contributed by atoms with Gasteiger partial charge < -0.3 is 5.32 Å². The number of para-hydroxylation sites is 1. The Morgan fingerprint density at radius 1 is 1.32 bits per heavy atom. The van der Waals surface area contributed by atoms with Gasteiger partial charge in [-0.3, -0.25) is 20.3 Å². The number of halogens is 2. The van der Waals surface area contributed by atoms with Gasteiger partial charge in [-0.05, 0) is 17.7 Å². The summed E-state index contributed by atoms with van der Waals surface area (Å²) >= 11 is 5.80. The van der Waals surface area contributed by atoms with E-state index in [1.165, 1.54) is 30.3 Å². The Bertz CT molecular complexity index is 978. The third kappa shape index (κ3) is 2.18. The van der Waals surface area contributed by atoms with E-state index in [1.807, 2.05) is 0 Å². The molecular formula is C16H10ClFN4O3. The zero-order valence-electron chi connectivity index (χ0n) is 12.5. The number of amides is 1. The van der Waals surface area contributed by atoms with Crippen LogP contribution in [0.5, 0.6) is 0 Å². The van der Waals surface area contributed by atoms with Gasteiger partial charge in [0.05, 0.1) is 15.7 Å². The van der Waals surface area contributed by atoms with Crippen LogP contribution >= 0.6 is 11.6 Å². The Balaban J connectivity index is 1.75. The van der Waals surface area contributed by atoms with E-state index in [2.05, 4.69) is 15.8 Å². The molecule has 0 saturated carbocycles. The van der Waals surface area contributed by atoms with Crippen molar-refractivity contribution in [2.24, 2.45) is 5.10 Å². The molecule has 4 rings (SSSR count). The second-order valence-corrected chi connectivity index (χ2v) is 6.20. The predicted molar refractivity (Wildman–Crippen MR) is 89.1 cm³/mol. The largest absolute Gasteiger partial charge is 0.318 e. The molecule has 2 aromatic carbocycles. The van der Waals surface area contributed by atoms with Crippen LogP contribution in [0.1, 0.15) is 17.5 Å². The minimum absolute atomic E-state index is 0.0481. The van der Waals surface area contributed by atoms with Crippen molar-refractivity contribution in [3.8, 4) is 0 Å². The van der Waals surface area contributed by atoms with Gasteiger partial charge >= 0.3 is 0 Å². The molecule has 0 fully saturated rings. The second kappa shape index (κ2) is 5.25. The van der Waals surface area contributed by atoms with Crippen LogP contribution in [0.25, 0.3) is 0 Å². The average Bonchev–Trinajstić information content (AvgIpc) is 3.14. The first-order valence-electron chi connectivity index (χ1n) is 7.31. The number of rotatable bonds is 2. The van der Waals surface area contributed by atoms with Gasteiger partial charge in [0.15, 0.2) is 5.54 Å². The number of carbonyl (C=O) groups is 1. The Labute approximate surface area is 145 Å². The number of fused-ring (bicyclic) bond motifs is 2. The number of hydrazone groups is 1. The maximum Gasteiger partial charge on any atom is 0.293 e. The molecule has 0 bridgehead atoms. The lowest BCUT2D eigenvalue weighted by molar-refractivity contribution is -0.383. The summed E-state index contributed by atoms with van der Waals surface area (Å²) in [5, 5.41) is 17.9. The van der Waals surface area contributed by atoms with Crippen molar-refractivity contribution in [2.45, 2.75) is 12.0 Å². The third-order valence-electron chi connectivity index (χ3n) is 4.39. The minimum Gasteiger partial charge on any atom is -0.318 e. The van der Waals surface area contributed by atoms with E-state index >= 15 is 0 Å². The first-order valence-corrected chi connectivity index (χ1v) is 7.69. The van der Waals surface area contributed by atoms with Gasteiger partial charge in [0.25, 0.3) is 11.6 Å². The second-order valence-electron chi connectivity index (χ2n) is 5.79. The summed E-state index contributed by atoms with van der Waals surface area (Å²) in [6.45, 7) is 0. The normalized spacial score (nSPS) is 20.9. The fourth-order valence-electron chi connectivity index (χ4n) is 3.14. The lowest BCUT2D eigenvalue weighted by Crippen LogP contribution is -2.42. The lowest BCUT2D eigenvalue weighted by atomic mass is 9.86. The lowest BCUT2D eigenvalue weighted by Gasteiger charge is -2.20. The summed E-state index contributed by atoms with van der Waals surface area (Å²) in [5.74, 6) is -0.977. The molecule has 2 aromatic rings. The number of nitro benzene ring substituents is 1. The molecule has 2 N–H and O–H groups in total. The number of anilines is 1.